The molecule has 0 amide bonds. The summed E-state index contributed by atoms with van der Waals surface area (Å²) in [6, 6.07) is 0. The van der Waals surface area contributed by atoms with Gasteiger partial charge in [0.2, 0.25) is 0 Å². The molecule has 1 aliphatic carbocycles. The normalized spacial score (nSPS) is 41.0. The molecule has 2 rings (SSSR count). The minimum atomic E-state index is -0.414. The van der Waals surface area contributed by atoms with Crippen LogP contribution in [0.2, 0.25) is 0 Å². The van der Waals surface area contributed by atoms with Crippen molar-refractivity contribution in [1.29, 1.82) is 0 Å². The van der Waals surface area contributed by atoms with E-state index in [0.29, 0.717) is 12.5 Å². The summed E-state index contributed by atoms with van der Waals surface area (Å²) in [6.45, 7) is 6.50. The second-order valence-electron chi connectivity index (χ2n) is 3.67. The van der Waals surface area contributed by atoms with Crippen molar-refractivity contribution in [3.05, 3.63) is 23.8 Å². The molecule has 1 fully saturated rings. The van der Waals surface area contributed by atoms with Crippen molar-refractivity contribution in [2.75, 3.05) is 6.61 Å². The van der Waals surface area contributed by atoms with E-state index in [9.17, 15) is 5.11 Å². The SMILES string of the molecule is C=C1COC2C(O)C(C)=CCC12. The zero-order valence-electron chi connectivity index (χ0n) is 7.29. The first-order valence-electron chi connectivity index (χ1n) is 4.34. The molecule has 0 bridgehead atoms. The molecule has 2 aliphatic rings. The maximum absolute atomic E-state index is 9.73. The van der Waals surface area contributed by atoms with Crippen molar-refractivity contribution in [2.24, 2.45) is 5.92 Å². The van der Waals surface area contributed by atoms with Gasteiger partial charge < -0.3 is 9.84 Å². The van der Waals surface area contributed by atoms with Crippen LogP contribution in [0.15, 0.2) is 23.8 Å². The van der Waals surface area contributed by atoms with Crippen LogP contribution < -0.4 is 0 Å². The number of allylic oxidation sites excluding steroid dienone is 1. The molecule has 3 atom stereocenters. The van der Waals surface area contributed by atoms with Crippen LogP contribution in [0.25, 0.3) is 0 Å². The standard InChI is InChI=1S/C10H14O2/c1-6-3-4-8-7(2)5-12-10(8)9(6)11/h3,8-11H,2,4-5H2,1H3. The predicted octanol–water partition coefficient (Wildman–Crippen LogP) is 1.27. The highest BCUT2D eigenvalue weighted by Gasteiger charge is 2.38. The average molecular weight is 166 g/mol. The topological polar surface area (TPSA) is 29.5 Å². The minimum absolute atomic E-state index is 0.0255. The Labute approximate surface area is 72.5 Å². The molecule has 0 saturated carbocycles. The molecule has 3 unspecified atom stereocenters. The van der Waals surface area contributed by atoms with Crippen LogP contribution in [0.4, 0.5) is 0 Å². The van der Waals surface area contributed by atoms with Gasteiger partial charge >= 0.3 is 0 Å². The lowest BCUT2D eigenvalue weighted by Crippen LogP contribution is -2.35. The maximum atomic E-state index is 9.73. The molecular formula is C10H14O2. The van der Waals surface area contributed by atoms with Gasteiger partial charge in [-0.3, -0.25) is 0 Å². The van der Waals surface area contributed by atoms with Gasteiger partial charge in [0.1, 0.15) is 6.10 Å². The van der Waals surface area contributed by atoms with Crippen LogP contribution in [-0.2, 0) is 4.74 Å². The summed E-state index contributed by atoms with van der Waals surface area (Å²) < 4.78 is 5.46. The third-order valence-electron chi connectivity index (χ3n) is 2.85. The highest BCUT2D eigenvalue weighted by atomic mass is 16.5. The lowest BCUT2D eigenvalue weighted by Gasteiger charge is -2.28. The van der Waals surface area contributed by atoms with E-state index in [2.05, 4.69) is 12.7 Å². The molecule has 2 heteroatoms. The fraction of sp³-hybridized carbons (Fsp3) is 0.600. The molecule has 12 heavy (non-hydrogen) atoms. The zero-order chi connectivity index (χ0) is 8.72. The first kappa shape index (κ1) is 8.02. The second kappa shape index (κ2) is 2.71. The van der Waals surface area contributed by atoms with Gasteiger partial charge in [0, 0.05) is 5.92 Å². The summed E-state index contributed by atoms with van der Waals surface area (Å²) in [5.41, 5.74) is 2.16. The van der Waals surface area contributed by atoms with E-state index >= 15 is 0 Å². The number of ether oxygens (including phenoxy) is 1. The molecule has 0 aromatic rings. The monoisotopic (exact) mass is 166 g/mol. The van der Waals surface area contributed by atoms with Crippen LogP contribution in [0.5, 0.6) is 0 Å². The van der Waals surface area contributed by atoms with E-state index in [1.165, 1.54) is 0 Å². The smallest absolute Gasteiger partial charge is 0.101 e. The summed E-state index contributed by atoms with van der Waals surface area (Å²) in [5, 5.41) is 9.73. The van der Waals surface area contributed by atoms with Crippen molar-refractivity contribution in [3.63, 3.8) is 0 Å². The number of aliphatic hydroxyl groups is 1. The maximum Gasteiger partial charge on any atom is 0.101 e. The molecule has 0 aromatic carbocycles. The van der Waals surface area contributed by atoms with E-state index in [1.54, 1.807) is 0 Å². The number of aliphatic hydroxyl groups excluding tert-OH is 1. The van der Waals surface area contributed by atoms with Crippen molar-refractivity contribution < 1.29 is 9.84 Å². The van der Waals surface area contributed by atoms with Gasteiger partial charge in [-0.05, 0) is 24.5 Å². The Morgan fingerprint density at radius 1 is 1.67 bits per heavy atom. The van der Waals surface area contributed by atoms with Gasteiger partial charge in [-0.1, -0.05) is 12.7 Å². The van der Waals surface area contributed by atoms with E-state index in [4.69, 9.17) is 4.74 Å². The molecular weight excluding hydrogens is 152 g/mol. The number of rotatable bonds is 0. The van der Waals surface area contributed by atoms with Gasteiger partial charge in [-0.2, -0.15) is 0 Å². The highest BCUT2D eigenvalue weighted by Crippen LogP contribution is 2.36. The Kier molecular flexibility index (Phi) is 1.81. The fourth-order valence-corrected chi connectivity index (χ4v) is 1.96. The molecule has 1 N–H and O–H groups in total. The summed E-state index contributed by atoms with van der Waals surface area (Å²) in [7, 11) is 0. The summed E-state index contributed by atoms with van der Waals surface area (Å²) >= 11 is 0. The quantitative estimate of drug-likeness (QED) is 0.549. The molecule has 0 radical (unpaired) electrons. The molecule has 1 saturated heterocycles. The Morgan fingerprint density at radius 2 is 2.42 bits per heavy atom. The summed E-state index contributed by atoms with van der Waals surface area (Å²) in [6.07, 6.45) is 2.63. The largest absolute Gasteiger partial charge is 0.386 e. The third kappa shape index (κ3) is 1.03. The molecule has 2 nitrogen and oxygen atoms in total. The van der Waals surface area contributed by atoms with Crippen molar-refractivity contribution >= 4 is 0 Å². The highest BCUT2D eigenvalue weighted by molar-refractivity contribution is 5.22. The Bertz CT molecular complexity index is 242. The molecule has 66 valence electrons. The number of fused-ring (bicyclic) bond motifs is 1. The van der Waals surface area contributed by atoms with Gasteiger partial charge in [0.15, 0.2) is 0 Å². The van der Waals surface area contributed by atoms with Crippen molar-refractivity contribution in [2.45, 2.75) is 25.6 Å². The van der Waals surface area contributed by atoms with Gasteiger partial charge in [0.05, 0.1) is 12.7 Å². The molecule has 1 aliphatic heterocycles. The lowest BCUT2D eigenvalue weighted by atomic mass is 9.83. The lowest BCUT2D eigenvalue weighted by molar-refractivity contribution is -0.00573. The third-order valence-corrected chi connectivity index (χ3v) is 2.85. The fourth-order valence-electron chi connectivity index (χ4n) is 1.96. The number of hydrogen-bond acceptors (Lipinski definition) is 2. The van der Waals surface area contributed by atoms with Crippen LogP contribution in [0, 0.1) is 5.92 Å². The summed E-state index contributed by atoms with van der Waals surface area (Å²) in [4.78, 5) is 0. The van der Waals surface area contributed by atoms with Crippen LogP contribution in [-0.4, -0.2) is 23.9 Å². The Morgan fingerprint density at radius 3 is 3.17 bits per heavy atom. The van der Waals surface area contributed by atoms with E-state index in [1.807, 2.05) is 6.92 Å². The van der Waals surface area contributed by atoms with Crippen LogP contribution in [0.3, 0.4) is 0 Å². The zero-order valence-corrected chi connectivity index (χ0v) is 7.29. The Hall–Kier alpha value is -0.600. The van der Waals surface area contributed by atoms with Crippen LogP contribution in [0.1, 0.15) is 13.3 Å². The first-order chi connectivity index (χ1) is 5.70. The molecule has 0 spiro atoms. The molecule has 1 heterocycles. The van der Waals surface area contributed by atoms with Gasteiger partial charge in [0.25, 0.3) is 0 Å². The van der Waals surface area contributed by atoms with E-state index in [0.717, 1.165) is 17.6 Å². The van der Waals surface area contributed by atoms with Crippen molar-refractivity contribution in [3.8, 4) is 0 Å². The minimum Gasteiger partial charge on any atom is -0.386 e. The first-order valence-corrected chi connectivity index (χ1v) is 4.34. The average Bonchev–Trinajstić information content (AvgIpc) is 2.41. The van der Waals surface area contributed by atoms with Crippen molar-refractivity contribution in [1.82, 2.24) is 0 Å². The number of hydrogen-bond donors (Lipinski definition) is 1. The molecule has 0 aromatic heterocycles. The van der Waals surface area contributed by atoms with Gasteiger partial charge in [-0.25, -0.2) is 0 Å². The summed E-state index contributed by atoms with van der Waals surface area (Å²) in [5.74, 6) is 0.351. The van der Waals surface area contributed by atoms with E-state index < -0.39 is 6.10 Å². The van der Waals surface area contributed by atoms with Crippen LogP contribution >= 0.6 is 0 Å². The Balaban J connectivity index is 2.24. The second-order valence-corrected chi connectivity index (χ2v) is 3.67. The predicted molar refractivity (Wildman–Crippen MR) is 46.8 cm³/mol. The van der Waals surface area contributed by atoms with Gasteiger partial charge in [-0.15, -0.1) is 0 Å². The van der Waals surface area contributed by atoms with E-state index in [-0.39, 0.29) is 6.10 Å².